The van der Waals surface area contributed by atoms with Crippen LogP contribution in [-0.2, 0) is 11.3 Å². The number of allylic oxidation sites excluding steroid dienone is 2. The molecule has 0 N–H and O–H groups in total. The molecule has 1 aromatic carbocycles. The van der Waals surface area contributed by atoms with E-state index in [0.717, 1.165) is 6.42 Å². The third-order valence-electron chi connectivity index (χ3n) is 4.86. The van der Waals surface area contributed by atoms with Crippen LogP contribution in [0.5, 0.6) is 0 Å². The lowest BCUT2D eigenvalue weighted by Gasteiger charge is -2.24. The zero-order valence-corrected chi connectivity index (χ0v) is 16.9. The summed E-state index contributed by atoms with van der Waals surface area (Å²) in [6.45, 7) is 2.98. The first-order valence-corrected chi connectivity index (χ1v) is 11.6. The van der Waals surface area contributed by atoms with Crippen LogP contribution in [-0.4, -0.2) is 21.7 Å². The smallest absolute Gasteiger partial charge is 0.0886 e. The summed E-state index contributed by atoms with van der Waals surface area (Å²) in [6.07, 6.45) is 15.1. The molecule has 1 aromatic rings. The van der Waals surface area contributed by atoms with E-state index >= 15 is 0 Å². The van der Waals surface area contributed by atoms with Crippen molar-refractivity contribution in [2.24, 2.45) is 0 Å². The van der Waals surface area contributed by atoms with Crippen molar-refractivity contribution in [2.75, 3.05) is 11.5 Å². The molecule has 0 aromatic heterocycles. The van der Waals surface area contributed by atoms with Crippen LogP contribution in [0.3, 0.4) is 0 Å². The van der Waals surface area contributed by atoms with E-state index in [9.17, 15) is 0 Å². The van der Waals surface area contributed by atoms with Crippen molar-refractivity contribution >= 4 is 23.5 Å². The summed E-state index contributed by atoms with van der Waals surface area (Å²) in [4.78, 5) is 0. The second-order valence-electron chi connectivity index (χ2n) is 6.86. The van der Waals surface area contributed by atoms with Gasteiger partial charge in [0.25, 0.3) is 0 Å². The molecule has 2 aliphatic rings. The van der Waals surface area contributed by atoms with E-state index in [-0.39, 0.29) is 10.2 Å². The summed E-state index contributed by atoms with van der Waals surface area (Å²) in [7, 11) is 0. The summed E-state index contributed by atoms with van der Waals surface area (Å²) in [5.74, 6) is 2.52. The molecule has 136 valence electrons. The average molecular weight is 375 g/mol. The van der Waals surface area contributed by atoms with Crippen molar-refractivity contribution in [1.29, 1.82) is 0 Å². The van der Waals surface area contributed by atoms with Gasteiger partial charge >= 0.3 is 0 Å². The Morgan fingerprint density at radius 2 is 1.92 bits per heavy atom. The van der Waals surface area contributed by atoms with Crippen LogP contribution >= 0.6 is 23.5 Å². The van der Waals surface area contributed by atoms with Crippen LogP contribution in [0.4, 0.5) is 0 Å². The number of hydrogen-bond acceptors (Lipinski definition) is 3. The number of thioether (sulfide) groups is 2. The third-order valence-corrected chi connectivity index (χ3v) is 8.38. The maximum atomic E-state index is 6.23. The van der Waals surface area contributed by atoms with Crippen LogP contribution in [0, 0.1) is 0 Å². The Balaban J connectivity index is 1.56. The Bertz CT molecular complexity index is 573. The van der Waals surface area contributed by atoms with Gasteiger partial charge in [-0.2, -0.15) is 0 Å². The van der Waals surface area contributed by atoms with Crippen LogP contribution in [0.25, 0.3) is 0 Å². The molecule has 0 amide bonds. The quantitative estimate of drug-likeness (QED) is 0.450. The van der Waals surface area contributed by atoms with Gasteiger partial charge < -0.3 is 4.74 Å². The molecule has 1 aliphatic carbocycles. The SMILES string of the molecule is CCCCCC/C=C/C1=C[C@H](OCc2ccccc2)CC12SCCS2. The van der Waals surface area contributed by atoms with Crippen molar-refractivity contribution in [3.05, 3.63) is 59.7 Å². The topological polar surface area (TPSA) is 9.23 Å². The van der Waals surface area contributed by atoms with Crippen molar-refractivity contribution in [3.8, 4) is 0 Å². The molecule has 3 heteroatoms. The Labute approximate surface area is 161 Å². The van der Waals surface area contributed by atoms with E-state index in [4.69, 9.17) is 4.74 Å². The highest BCUT2D eigenvalue weighted by molar-refractivity contribution is 8.21. The predicted octanol–water partition coefficient (Wildman–Crippen LogP) is 6.60. The molecule has 0 bridgehead atoms. The number of unbranched alkanes of at least 4 members (excludes halogenated alkanes) is 4. The van der Waals surface area contributed by atoms with Gasteiger partial charge in [0.2, 0.25) is 0 Å². The van der Waals surface area contributed by atoms with Gasteiger partial charge in [0.05, 0.1) is 16.8 Å². The standard InChI is InChI=1S/C22H30OS2/c1-2-3-4-5-6-10-13-20-16-21(17-22(20)24-14-15-25-22)23-18-19-11-8-7-9-12-19/h7-13,16,21H,2-6,14-15,17-18H2,1H3/b13-10+/t21-/m0/s1. The Morgan fingerprint density at radius 3 is 2.68 bits per heavy atom. The lowest BCUT2D eigenvalue weighted by molar-refractivity contribution is 0.0718. The zero-order valence-electron chi connectivity index (χ0n) is 15.3. The van der Waals surface area contributed by atoms with E-state index in [1.165, 1.54) is 54.7 Å². The van der Waals surface area contributed by atoms with E-state index < -0.39 is 0 Å². The average Bonchev–Trinajstić information content (AvgIpc) is 3.25. The van der Waals surface area contributed by atoms with E-state index in [0.29, 0.717) is 6.61 Å². The van der Waals surface area contributed by atoms with Gasteiger partial charge in [-0.05, 0) is 24.0 Å². The minimum atomic E-state index is 0.248. The molecule has 1 aliphatic heterocycles. The molecule has 0 unspecified atom stereocenters. The number of benzene rings is 1. The highest BCUT2D eigenvalue weighted by Crippen LogP contribution is 2.56. The zero-order chi connectivity index (χ0) is 17.4. The molecular weight excluding hydrogens is 344 g/mol. The molecule has 1 spiro atoms. The monoisotopic (exact) mass is 374 g/mol. The molecule has 1 atom stereocenters. The summed E-state index contributed by atoms with van der Waals surface area (Å²) in [5, 5.41) is 0. The number of rotatable bonds is 9. The summed E-state index contributed by atoms with van der Waals surface area (Å²) < 4.78 is 6.48. The molecule has 25 heavy (non-hydrogen) atoms. The fraction of sp³-hybridized carbons (Fsp3) is 0.545. The normalized spacial score (nSPS) is 22.1. The molecule has 0 radical (unpaired) electrons. The van der Waals surface area contributed by atoms with Crippen LogP contribution in [0.15, 0.2) is 54.1 Å². The van der Waals surface area contributed by atoms with Gasteiger partial charge in [-0.3, -0.25) is 0 Å². The Morgan fingerprint density at radius 1 is 1.12 bits per heavy atom. The second kappa shape index (κ2) is 9.89. The van der Waals surface area contributed by atoms with Crippen molar-refractivity contribution < 1.29 is 4.74 Å². The summed E-state index contributed by atoms with van der Waals surface area (Å²) >= 11 is 4.24. The van der Waals surface area contributed by atoms with Gasteiger partial charge in [-0.15, -0.1) is 23.5 Å². The first-order valence-electron chi connectivity index (χ1n) is 9.65. The van der Waals surface area contributed by atoms with Crippen molar-refractivity contribution in [3.63, 3.8) is 0 Å². The fourth-order valence-electron chi connectivity index (χ4n) is 3.47. The minimum absolute atomic E-state index is 0.248. The van der Waals surface area contributed by atoms with Crippen molar-refractivity contribution in [2.45, 2.75) is 62.2 Å². The third kappa shape index (κ3) is 5.42. The largest absolute Gasteiger partial charge is 0.369 e. The van der Waals surface area contributed by atoms with Crippen LogP contribution in [0.1, 0.15) is 51.0 Å². The highest BCUT2D eigenvalue weighted by atomic mass is 32.2. The molecule has 0 saturated carbocycles. The van der Waals surface area contributed by atoms with Gasteiger partial charge in [-0.25, -0.2) is 0 Å². The molecule has 1 nitrogen and oxygen atoms in total. The van der Waals surface area contributed by atoms with Crippen LogP contribution in [0.2, 0.25) is 0 Å². The van der Waals surface area contributed by atoms with Gasteiger partial charge in [0, 0.05) is 17.9 Å². The van der Waals surface area contributed by atoms with E-state index in [2.05, 4.69) is 79.0 Å². The minimum Gasteiger partial charge on any atom is -0.369 e. The summed E-state index contributed by atoms with van der Waals surface area (Å²) in [5.41, 5.74) is 2.75. The number of ether oxygens (including phenoxy) is 1. The second-order valence-corrected chi connectivity index (χ2v) is 9.91. The van der Waals surface area contributed by atoms with Gasteiger partial charge in [0.15, 0.2) is 0 Å². The van der Waals surface area contributed by atoms with Gasteiger partial charge in [-0.1, -0.05) is 74.7 Å². The fourth-order valence-corrected chi connectivity index (χ4v) is 6.80. The molecule has 1 fully saturated rings. The highest BCUT2D eigenvalue weighted by Gasteiger charge is 2.44. The molecular formula is C22H30OS2. The number of hydrogen-bond donors (Lipinski definition) is 0. The van der Waals surface area contributed by atoms with E-state index in [1.807, 2.05) is 0 Å². The predicted molar refractivity (Wildman–Crippen MR) is 113 cm³/mol. The Kier molecular flexibility index (Phi) is 7.57. The molecule has 3 rings (SSSR count). The summed E-state index contributed by atoms with van der Waals surface area (Å²) in [6, 6.07) is 10.5. The molecule has 1 saturated heterocycles. The lowest BCUT2D eigenvalue weighted by atomic mass is 10.1. The maximum absolute atomic E-state index is 6.23. The molecule has 1 heterocycles. The Hall–Kier alpha value is -0.640. The van der Waals surface area contributed by atoms with Crippen LogP contribution < -0.4 is 0 Å². The van der Waals surface area contributed by atoms with E-state index in [1.54, 1.807) is 0 Å². The first-order chi connectivity index (χ1) is 12.3. The lowest BCUT2D eigenvalue weighted by Crippen LogP contribution is -2.19. The first kappa shape index (κ1) is 19.1. The maximum Gasteiger partial charge on any atom is 0.0886 e. The van der Waals surface area contributed by atoms with Gasteiger partial charge in [0.1, 0.15) is 0 Å². The van der Waals surface area contributed by atoms with Crippen molar-refractivity contribution in [1.82, 2.24) is 0 Å².